The maximum Gasteiger partial charge on any atom is 0.227 e. The van der Waals surface area contributed by atoms with Crippen molar-refractivity contribution in [2.45, 2.75) is 38.1 Å². The van der Waals surface area contributed by atoms with Crippen LogP contribution < -0.4 is 5.73 Å². The quantitative estimate of drug-likeness (QED) is 0.650. The summed E-state index contributed by atoms with van der Waals surface area (Å²) in [6, 6.07) is 0.133. The molecular formula is C10H18N2O. The van der Waals surface area contributed by atoms with Crippen LogP contribution in [0.15, 0.2) is 0 Å². The van der Waals surface area contributed by atoms with Crippen molar-refractivity contribution >= 4 is 5.91 Å². The summed E-state index contributed by atoms with van der Waals surface area (Å²) in [5.41, 5.74) is 5.90. The molecule has 2 aliphatic rings. The third kappa shape index (κ3) is 1.70. The van der Waals surface area contributed by atoms with Crippen molar-refractivity contribution in [3.8, 4) is 0 Å². The molecule has 2 rings (SSSR count). The summed E-state index contributed by atoms with van der Waals surface area (Å²) >= 11 is 0. The van der Waals surface area contributed by atoms with Crippen LogP contribution in [-0.4, -0.2) is 29.9 Å². The molecule has 2 atom stereocenters. The molecule has 74 valence electrons. The molecule has 2 unspecified atom stereocenters. The van der Waals surface area contributed by atoms with Crippen molar-refractivity contribution in [1.82, 2.24) is 4.90 Å². The number of hydrogen-bond donors (Lipinski definition) is 1. The van der Waals surface area contributed by atoms with Crippen LogP contribution >= 0.6 is 0 Å². The Morgan fingerprint density at radius 1 is 1.15 bits per heavy atom. The third-order valence-electron chi connectivity index (χ3n) is 3.30. The van der Waals surface area contributed by atoms with Gasteiger partial charge in [0.05, 0.1) is 5.92 Å². The van der Waals surface area contributed by atoms with E-state index in [0.29, 0.717) is 5.91 Å². The number of carbonyl (C=O) groups excluding carboxylic acids is 1. The number of carbonyl (C=O) groups is 1. The number of nitrogens with two attached hydrogens (primary N) is 1. The first-order valence-corrected chi connectivity index (χ1v) is 5.33. The van der Waals surface area contributed by atoms with Crippen molar-refractivity contribution in [3.05, 3.63) is 0 Å². The highest BCUT2D eigenvalue weighted by Gasteiger charge is 2.33. The van der Waals surface area contributed by atoms with Crippen molar-refractivity contribution in [2.24, 2.45) is 11.7 Å². The average molecular weight is 182 g/mol. The molecule has 3 heteroatoms. The molecule has 2 N–H and O–H groups in total. The first-order chi connectivity index (χ1) is 6.29. The van der Waals surface area contributed by atoms with Gasteiger partial charge in [0.2, 0.25) is 5.91 Å². The number of nitrogens with zero attached hydrogens (tertiary/aromatic N) is 1. The summed E-state index contributed by atoms with van der Waals surface area (Å²) in [5, 5.41) is 0. The van der Waals surface area contributed by atoms with Gasteiger partial charge >= 0.3 is 0 Å². The van der Waals surface area contributed by atoms with Crippen molar-refractivity contribution < 1.29 is 4.79 Å². The van der Waals surface area contributed by atoms with Crippen LogP contribution in [0.25, 0.3) is 0 Å². The zero-order valence-corrected chi connectivity index (χ0v) is 8.04. The fourth-order valence-electron chi connectivity index (χ4n) is 2.47. The lowest BCUT2D eigenvalue weighted by molar-refractivity contribution is -0.134. The van der Waals surface area contributed by atoms with Crippen molar-refractivity contribution in [3.63, 3.8) is 0 Å². The number of hydrogen-bond acceptors (Lipinski definition) is 2. The minimum absolute atomic E-state index is 0.133. The third-order valence-corrected chi connectivity index (χ3v) is 3.30. The predicted octanol–water partition coefficient (Wildman–Crippen LogP) is 0.736. The Labute approximate surface area is 79.3 Å². The van der Waals surface area contributed by atoms with E-state index in [2.05, 4.69) is 0 Å². The van der Waals surface area contributed by atoms with E-state index >= 15 is 0 Å². The van der Waals surface area contributed by atoms with E-state index in [0.717, 1.165) is 32.4 Å². The van der Waals surface area contributed by atoms with Gasteiger partial charge in [0.1, 0.15) is 0 Å². The predicted molar refractivity (Wildman–Crippen MR) is 51.1 cm³/mol. The van der Waals surface area contributed by atoms with Crippen LogP contribution in [0, 0.1) is 5.92 Å². The summed E-state index contributed by atoms with van der Waals surface area (Å²) in [7, 11) is 0. The summed E-state index contributed by atoms with van der Waals surface area (Å²) in [6.45, 7) is 1.92. The molecule has 3 nitrogen and oxygen atoms in total. The normalized spacial score (nSPS) is 34.1. The molecule has 0 aromatic heterocycles. The number of amides is 1. The Balaban J connectivity index is 1.95. The van der Waals surface area contributed by atoms with E-state index in [1.54, 1.807) is 0 Å². The van der Waals surface area contributed by atoms with Gasteiger partial charge in [-0.3, -0.25) is 4.79 Å². The van der Waals surface area contributed by atoms with Crippen LogP contribution in [0.4, 0.5) is 0 Å². The van der Waals surface area contributed by atoms with Gasteiger partial charge in [-0.2, -0.15) is 0 Å². The van der Waals surface area contributed by atoms with Gasteiger partial charge in [-0.15, -0.1) is 0 Å². The molecule has 0 spiro atoms. The molecule has 0 radical (unpaired) electrons. The van der Waals surface area contributed by atoms with Crippen LogP contribution in [-0.2, 0) is 4.79 Å². The maximum atomic E-state index is 11.9. The van der Waals surface area contributed by atoms with Gasteiger partial charge in [-0.05, 0) is 25.7 Å². The van der Waals surface area contributed by atoms with Gasteiger partial charge in [-0.25, -0.2) is 0 Å². The van der Waals surface area contributed by atoms with Crippen LogP contribution in [0.2, 0.25) is 0 Å². The van der Waals surface area contributed by atoms with Crippen molar-refractivity contribution in [1.29, 1.82) is 0 Å². The highest BCUT2D eigenvalue weighted by molar-refractivity contribution is 5.80. The maximum absolute atomic E-state index is 11.9. The standard InChI is InChI=1S/C10H18N2O/c11-9-5-3-4-8(9)10(13)12-6-1-2-7-12/h8-9H,1-7,11H2. The van der Waals surface area contributed by atoms with Crippen LogP contribution in [0.3, 0.4) is 0 Å². The lowest BCUT2D eigenvalue weighted by Crippen LogP contribution is -2.40. The highest BCUT2D eigenvalue weighted by atomic mass is 16.2. The highest BCUT2D eigenvalue weighted by Crippen LogP contribution is 2.27. The second kappa shape index (κ2) is 3.66. The Bertz CT molecular complexity index is 199. The Hall–Kier alpha value is -0.570. The molecule has 1 saturated heterocycles. The summed E-state index contributed by atoms with van der Waals surface area (Å²) in [6.07, 6.45) is 5.52. The van der Waals surface area contributed by atoms with E-state index in [1.807, 2.05) is 4.90 Å². The van der Waals surface area contributed by atoms with E-state index in [4.69, 9.17) is 5.73 Å². The smallest absolute Gasteiger partial charge is 0.227 e. The van der Waals surface area contributed by atoms with E-state index < -0.39 is 0 Å². The van der Waals surface area contributed by atoms with Gasteiger partial charge in [0, 0.05) is 19.1 Å². The first kappa shape index (κ1) is 9.00. The summed E-state index contributed by atoms with van der Waals surface area (Å²) in [5.74, 6) is 0.459. The van der Waals surface area contributed by atoms with E-state index in [-0.39, 0.29) is 12.0 Å². The molecule has 1 saturated carbocycles. The van der Waals surface area contributed by atoms with Gasteiger partial charge in [-0.1, -0.05) is 6.42 Å². The minimum Gasteiger partial charge on any atom is -0.342 e. The number of rotatable bonds is 1. The second-order valence-corrected chi connectivity index (χ2v) is 4.23. The summed E-state index contributed by atoms with van der Waals surface area (Å²) in [4.78, 5) is 13.9. The zero-order valence-electron chi connectivity index (χ0n) is 8.04. The molecule has 0 aromatic rings. The Morgan fingerprint density at radius 2 is 1.85 bits per heavy atom. The lowest BCUT2D eigenvalue weighted by Gasteiger charge is -2.22. The Kier molecular flexibility index (Phi) is 2.54. The SMILES string of the molecule is NC1CCCC1C(=O)N1CCCC1. The molecule has 1 aliphatic carbocycles. The fraction of sp³-hybridized carbons (Fsp3) is 0.900. The van der Waals surface area contributed by atoms with Gasteiger partial charge in [0.25, 0.3) is 0 Å². The van der Waals surface area contributed by atoms with Gasteiger partial charge in [0.15, 0.2) is 0 Å². The largest absolute Gasteiger partial charge is 0.342 e. The molecule has 1 amide bonds. The van der Waals surface area contributed by atoms with E-state index in [1.165, 1.54) is 12.8 Å². The molecule has 1 heterocycles. The summed E-state index contributed by atoms with van der Waals surface area (Å²) < 4.78 is 0. The molecule has 0 bridgehead atoms. The average Bonchev–Trinajstić information content (AvgIpc) is 2.72. The molecular weight excluding hydrogens is 164 g/mol. The van der Waals surface area contributed by atoms with Crippen LogP contribution in [0.5, 0.6) is 0 Å². The minimum atomic E-state index is 0.133. The van der Waals surface area contributed by atoms with Gasteiger partial charge < -0.3 is 10.6 Å². The topological polar surface area (TPSA) is 46.3 Å². The van der Waals surface area contributed by atoms with Crippen LogP contribution in [0.1, 0.15) is 32.1 Å². The zero-order chi connectivity index (χ0) is 9.26. The van der Waals surface area contributed by atoms with E-state index in [9.17, 15) is 4.79 Å². The van der Waals surface area contributed by atoms with Crippen molar-refractivity contribution in [2.75, 3.05) is 13.1 Å². The Morgan fingerprint density at radius 3 is 2.38 bits per heavy atom. The molecule has 1 aliphatic heterocycles. The monoisotopic (exact) mass is 182 g/mol. The molecule has 2 fully saturated rings. The number of likely N-dealkylation sites (tertiary alicyclic amines) is 1. The lowest BCUT2D eigenvalue weighted by atomic mass is 10.0. The second-order valence-electron chi connectivity index (χ2n) is 4.23. The fourth-order valence-corrected chi connectivity index (χ4v) is 2.47. The molecule has 0 aromatic carbocycles. The first-order valence-electron chi connectivity index (χ1n) is 5.33. The molecule has 13 heavy (non-hydrogen) atoms.